The van der Waals surface area contributed by atoms with Crippen molar-refractivity contribution in [1.82, 2.24) is 14.8 Å². The van der Waals surface area contributed by atoms with Crippen molar-refractivity contribution in [3.8, 4) is 0 Å². The monoisotopic (exact) mass is 300 g/mol. The normalized spacial score (nSPS) is 21.6. The SMILES string of the molecule is COC1CCC(c2ccc(C(C)(C)C)cc2)n2nc(N)nc21. The van der Waals surface area contributed by atoms with Crippen LogP contribution in [0.3, 0.4) is 0 Å². The van der Waals surface area contributed by atoms with Gasteiger partial charge in [0.05, 0.1) is 6.04 Å². The Bertz CT molecular complexity index is 654. The number of nitrogen functional groups attached to an aromatic ring is 1. The maximum atomic E-state index is 5.80. The second kappa shape index (κ2) is 5.39. The molecule has 118 valence electrons. The van der Waals surface area contributed by atoms with Gasteiger partial charge >= 0.3 is 0 Å². The highest BCUT2D eigenvalue weighted by molar-refractivity contribution is 5.31. The molecule has 2 N–H and O–H groups in total. The first-order valence-electron chi connectivity index (χ1n) is 7.75. The third-order valence-electron chi connectivity index (χ3n) is 4.41. The zero-order valence-corrected chi connectivity index (χ0v) is 13.7. The highest BCUT2D eigenvalue weighted by Crippen LogP contribution is 2.37. The van der Waals surface area contributed by atoms with E-state index in [4.69, 9.17) is 10.5 Å². The summed E-state index contributed by atoms with van der Waals surface area (Å²) in [6.45, 7) is 6.67. The Balaban J connectivity index is 1.95. The van der Waals surface area contributed by atoms with Crippen molar-refractivity contribution >= 4 is 5.95 Å². The average Bonchev–Trinajstić information content (AvgIpc) is 2.86. The van der Waals surface area contributed by atoms with Gasteiger partial charge in [-0.1, -0.05) is 45.0 Å². The van der Waals surface area contributed by atoms with Gasteiger partial charge in [0.2, 0.25) is 5.95 Å². The molecule has 1 aromatic heterocycles. The van der Waals surface area contributed by atoms with E-state index in [9.17, 15) is 0 Å². The van der Waals surface area contributed by atoms with Crippen LogP contribution in [0.5, 0.6) is 0 Å². The zero-order valence-electron chi connectivity index (χ0n) is 13.7. The van der Waals surface area contributed by atoms with Crippen LogP contribution in [0.25, 0.3) is 0 Å². The third kappa shape index (κ3) is 2.61. The number of benzene rings is 1. The molecule has 0 radical (unpaired) electrons. The summed E-state index contributed by atoms with van der Waals surface area (Å²) in [4.78, 5) is 4.34. The summed E-state index contributed by atoms with van der Waals surface area (Å²) in [5.41, 5.74) is 8.54. The van der Waals surface area contributed by atoms with Gasteiger partial charge in [-0.3, -0.25) is 0 Å². The number of rotatable bonds is 2. The van der Waals surface area contributed by atoms with Gasteiger partial charge in [0.25, 0.3) is 0 Å². The van der Waals surface area contributed by atoms with E-state index in [2.05, 4.69) is 55.1 Å². The van der Waals surface area contributed by atoms with Gasteiger partial charge in [0.15, 0.2) is 5.82 Å². The van der Waals surface area contributed by atoms with Crippen molar-refractivity contribution < 1.29 is 4.74 Å². The van der Waals surface area contributed by atoms with E-state index in [1.807, 2.05) is 4.68 Å². The Labute approximate surface area is 131 Å². The second-order valence-electron chi connectivity index (χ2n) is 6.96. The zero-order chi connectivity index (χ0) is 15.9. The molecule has 0 saturated carbocycles. The van der Waals surface area contributed by atoms with Crippen LogP contribution in [0.2, 0.25) is 0 Å². The lowest BCUT2D eigenvalue weighted by molar-refractivity contribution is 0.0649. The average molecular weight is 300 g/mol. The fourth-order valence-electron chi connectivity index (χ4n) is 3.10. The highest BCUT2D eigenvalue weighted by Gasteiger charge is 2.31. The number of hydrogen-bond acceptors (Lipinski definition) is 4. The van der Waals surface area contributed by atoms with Crippen molar-refractivity contribution in [3.05, 3.63) is 41.2 Å². The Hall–Kier alpha value is -1.88. The Morgan fingerprint density at radius 2 is 1.86 bits per heavy atom. The Morgan fingerprint density at radius 1 is 1.18 bits per heavy atom. The summed E-state index contributed by atoms with van der Waals surface area (Å²) in [5, 5.41) is 4.38. The third-order valence-corrected chi connectivity index (χ3v) is 4.41. The summed E-state index contributed by atoms with van der Waals surface area (Å²) in [5.74, 6) is 1.14. The molecule has 0 bridgehead atoms. The van der Waals surface area contributed by atoms with Gasteiger partial charge in [-0.2, -0.15) is 4.98 Å². The number of anilines is 1. The van der Waals surface area contributed by atoms with Crippen molar-refractivity contribution in [1.29, 1.82) is 0 Å². The van der Waals surface area contributed by atoms with E-state index in [1.165, 1.54) is 11.1 Å². The molecule has 5 nitrogen and oxygen atoms in total. The second-order valence-corrected chi connectivity index (χ2v) is 6.96. The molecule has 1 aromatic carbocycles. The smallest absolute Gasteiger partial charge is 0.239 e. The summed E-state index contributed by atoms with van der Waals surface area (Å²) < 4.78 is 7.43. The molecule has 2 heterocycles. The number of hydrogen-bond donors (Lipinski definition) is 1. The number of ether oxygens (including phenoxy) is 1. The molecule has 0 amide bonds. The molecule has 2 unspecified atom stereocenters. The quantitative estimate of drug-likeness (QED) is 0.924. The topological polar surface area (TPSA) is 66.0 Å². The van der Waals surface area contributed by atoms with Gasteiger partial charge in [-0.05, 0) is 29.4 Å². The molecular weight excluding hydrogens is 276 g/mol. The van der Waals surface area contributed by atoms with Crippen LogP contribution >= 0.6 is 0 Å². The van der Waals surface area contributed by atoms with Crippen molar-refractivity contribution in [2.45, 2.75) is 51.2 Å². The van der Waals surface area contributed by atoms with Gasteiger partial charge in [-0.25, -0.2) is 4.68 Å². The predicted molar refractivity (Wildman–Crippen MR) is 86.7 cm³/mol. The summed E-state index contributed by atoms with van der Waals surface area (Å²) in [6, 6.07) is 8.98. The molecule has 0 spiro atoms. The largest absolute Gasteiger partial charge is 0.373 e. The van der Waals surface area contributed by atoms with Crippen LogP contribution in [-0.4, -0.2) is 21.9 Å². The Kier molecular flexibility index (Phi) is 3.68. The maximum Gasteiger partial charge on any atom is 0.239 e. The van der Waals surface area contributed by atoms with Gasteiger partial charge in [0.1, 0.15) is 6.10 Å². The van der Waals surface area contributed by atoms with Crippen LogP contribution in [0, 0.1) is 0 Å². The number of aromatic nitrogens is 3. The number of methoxy groups -OCH3 is 1. The highest BCUT2D eigenvalue weighted by atomic mass is 16.5. The van der Waals surface area contributed by atoms with E-state index in [1.54, 1.807) is 7.11 Å². The molecule has 1 aliphatic rings. The Morgan fingerprint density at radius 3 is 2.45 bits per heavy atom. The van der Waals surface area contributed by atoms with E-state index in [-0.39, 0.29) is 17.6 Å². The molecule has 5 heteroatoms. The first-order chi connectivity index (χ1) is 10.4. The fraction of sp³-hybridized carbons (Fsp3) is 0.529. The van der Waals surface area contributed by atoms with Gasteiger partial charge in [0, 0.05) is 7.11 Å². The summed E-state index contributed by atoms with van der Waals surface area (Å²) in [6.07, 6.45) is 1.89. The summed E-state index contributed by atoms with van der Waals surface area (Å²) >= 11 is 0. The maximum absolute atomic E-state index is 5.80. The van der Waals surface area contributed by atoms with Crippen LogP contribution in [0.1, 0.15) is 62.7 Å². The van der Waals surface area contributed by atoms with E-state index < -0.39 is 0 Å². The minimum Gasteiger partial charge on any atom is -0.373 e. The first kappa shape index (κ1) is 15.0. The molecule has 0 aliphatic carbocycles. The molecule has 0 fully saturated rings. The van der Waals surface area contributed by atoms with Gasteiger partial charge in [-0.15, -0.1) is 5.10 Å². The van der Waals surface area contributed by atoms with Crippen molar-refractivity contribution in [2.75, 3.05) is 12.8 Å². The molecule has 2 atom stereocenters. The number of nitrogens with two attached hydrogens (primary N) is 1. The van der Waals surface area contributed by atoms with Crippen LogP contribution in [-0.2, 0) is 10.2 Å². The van der Waals surface area contributed by atoms with Crippen LogP contribution in [0.15, 0.2) is 24.3 Å². The van der Waals surface area contributed by atoms with Gasteiger partial charge < -0.3 is 10.5 Å². The van der Waals surface area contributed by atoms with Crippen molar-refractivity contribution in [3.63, 3.8) is 0 Å². The molecule has 0 saturated heterocycles. The fourth-order valence-corrected chi connectivity index (χ4v) is 3.10. The standard InChI is InChI=1S/C17H24N4O/c1-17(2,3)12-7-5-11(6-8-12)13-9-10-14(22-4)15-19-16(18)20-21(13)15/h5-8,13-14H,9-10H2,1-4H3,(H2,18,20). The predicted octanol–water partition coefficient (Wildman–Crippen LogP) is 3.23. The molecule has 3 rings (SSSR count). The van der Waals surface area contributed by atoms with E-state index >= 15 is 0 Å². The lowest BCUT2D eigenvalue weighted by atomic mass is 9.85. The molecule has 2 aromatic rings. The minimum atomic E-state index is -0.0186. The molecular formula is C17H24N4O. The van der Waals surface area contributed by atoms with Crippen molar-refractivity contribution in [2.24, 2.45) is 0 Å². The lowest BCUT2D eigenvalue weighted by Gasteiger charge is -2.29. The van der Waals surface area contributed by atoms with Crippen LogP contribution in [0.4, 0.5) is 5.95 Å². The van der Waals surface area contributed by atoms with Crippen LogP contribution < -0.4 is 5.73 Å². The number of fused-ring (bicyclic) bond motifs is 1. The minimum absolute atomic E-state index is 0.0186. The molecule has 22 heavy (non-hydrogen) atoms. The number of nitrogens with zero attached hydrogens (tertiary/aromatic N) is 3. The summed E-state index contributed by atoms with van der Waals surface area (Å²) in [7, 11) is 1.71. The van der Waals surface area contributed by atoms with E-state index in [0.717, 1.165) is 18.7 Å². The first-order valence-corrected chi connectivity index (χ1v) is 7.75. The van der Waals surface area contributed by atoms with E-state index in [0.29, 0.717) is 5.95 Å². The lowest BCUT2D eigenvalue weighted by Crippen LogP contribution is -2.24. The molecule has 1 aliphatic heterocycles.